The van der Waals surface area contributed by atoms with Gasteiger partial charge in [-0.15, -0.1) is 0 Å². The molecular weight excluding hydrogens is 510 g/mol. The second kappa shape index (κ2) is 9.01. The van der Waals surface area contributed by atoms with Gasteiger partial charge in [-0.3, -0.25) is 14.4 Å². The molecule has 8 rings (SSSR count). The van der Waals surface area contributed by atoms with E-state index in [-0.39, 0.29) is 35.0 Å². The largest absolute Gasteiger partial charge is 0.452 e. The Labute approximate surface area is 228 Å². The van der Waals surface area contributed by atoms with Crippen LogP contribution in [0.5, 0.6) is 0 Å². The average Bonchev–Trinajstić information content (AvgIpc) is 3.50. The normalized spacial score (nSPS) is 22.0. The number of nitrogens with one attached hydrogen (secondary N) is 1. The van der Waals surface area contributed by atoms with Gasteiger partial charge in [0.15, 0.2) is 12.4 Å². The highest BCUT2D eigenvalue weighted by atomic mass is 16.5. The molecule has 40 heavy (non-hydrogen) atoms. The molecule has 1 N–H and O–H groups in total. The third-order valence-electron chi connectivity index (χ3n) is 8.02. The number of carbonyl (C=O) groups excluding carboxylic acids is 4. The maximum atomic E-state index is 14.0. The lowest BCUT2D eigenvalue weighted by Crippen LogP contribution is -2.41. The molecule has 0 saturated carbocycles. The van der Waals surface area contributed by atoms with Gasteiger partial charge in [0.2, 0.25) is 11.8 Å². The number of nitrogens with zero attached hydrogens (tertiary/aromatic N) is 2. The van der Waals surface area contributed by atoms with Crippen molar-refractivity contribution < 1.29 is 28.4 Å². The highest BCUT2D eigenvalue weighted by Gasteiger charge is 2.61. The molecule has 3 aliphatic carbocycles. The predicted molar refractivity (Wildman–Crippen MR) is 143 cm³/mol. The second-order valence-corrected chi connectivity index (χ2v) is 10.3. The standard InChI is InChI=1S/C31H23N3O6/c1-16-13-23(33-40-16)32-24(35)15-39-31(38)17-7-6-8-18(14-17)34-29(36)27-25-19-9-2-3-10-20(19)26(28(27)30(34)37)22-12-5-4-11-21(22)25/h2-14,25-28H,15H2,1H3,(H,32,33,35)/t25?,26?,27-,28-/m0/s1. The fourth-order valence-corrected chi connectivity index (χ4v) is 6.52. The number of imide groups is 1. The average molecular weight is 534 g/mol. The molecule has 0 spiro atoms. The Morgan fingerprint density at radius 3 is 1.95 bits per heavy atom. The maximum absolute atomic E-state index is 14.0. The molecule has 2 bridgehead atoms. The molecule has 9 nitrogen and oxygen atoms in total. The molecule has 1 saturated heterocycles. The van der Waals surface area contributed by atoms with Crippen molar-refractivity contribution in [2.45, 2.75) is 18.8 Å². The molecule has 1 aromatic heterocycles. The number of ether oxygens (including phenoxy) is 1. The lowest BCUT2D eigenvalue weighted by atomic mass is 9.55. The number of amides is 3. The van der Waals surface area contributed by atoms with Crippen molar-refractivity contribution in [3.05, 3.63) is 112 Å². The van der Waals surface area contributed by atoms with Gasteiger partial charge in [-0.2, -0.15) is 0 Å². The molecule has 1 fully saturated rings. The number of aryl methyl sites for hydroxylation is 1. The van der Waals surface area contributed by atoms with E-state index in [0.717, 1.165) is 22.3 Å². The Kier molecular flexibility index (Phi) is 5.41. The lowest BCUT2D eigenvalue weighted by molar-refractivity contribution is -0.122. The second-order valence-electron chi connectivity index (χ2n) is 10.3. The van der Waals surface area contributed by atoms with Gasteiger partial charge < -0.3 is 14.6 Å². The van der Waals surface area contributed by atoms with Gasteiger partial charge in [0.25, 0.3) is 5.91 Å². The first-order chi connectivity index (χ1) is 19.4. The van der Waals surface area contributed by atoms with Crippen LogP contribution in [0.15, 0.2) is 83.4 Å². The summed E-state index contributed by atoms with van der Waals surface area (Å²) in [4.78, 5) is 54.0. The highest BCUT2D eigenvalue weighted by molar-refractivity contribution is 6.23. The van der Waals surface area contributed by atoms with Crippen LogP contribution in [0.1, 0.15) is 50.2 Å². The Morgan fingerprint density at radius 1 is 0.850 bits per heavy atom. The number of carbonyl (C=O) groups is 4. The van der Waals surface area contributed by atoms with E-state index >= 15 is 0 Å². The summed E-state index contributed by atoms with van der Waals surface area (Å²) in [6, 6.07) is 23.8. The van der Waals surface area contributed by atoms with Gasteiger partial charge in [-0.1, -0.05) is 59.8 Å². The van der Waals surface area contributed by atoms with Crippen LogP contribution in [0.2, 0.25) is 0 Å². The van der Waals surface area contributed by atoms with Crippen molar-refractivity contribution in [3.63, 3.8) is 0 Å². The summed E-state index contributed by atoms with van der Waals surface area (Å²) < 4.78 is 10.1. The number of anilines is 2. The van der Waals surface area contributed by atoms with Gasteiger partial charge >= 0.3 is 5.97 Å². The molecule has 0 unspecified atom stereocenters. The van der Waals surface area contributed by atoms with Gasteiger partial charge in [0.05, 0.1) is 23.1 Å². The third kappa shape index (κ3) is 3.58. The first-order valence-electron chi connectivity index (χ1n) is 13.0. The Balaban J connectivity index is 1.15. The van der Waals surface area contributed by atoms with E-state index in [2.05, 4.69) is 34.7 Å². The van der Waals surface area contributed by atoms with Crippen LogP contribution in [0.3, 0.4) is 0 Å². The minimum atomic E-state index is -0.760. The zero-order chi connectivity index (χ0) is 27.5. The van der Waals surface area contributed by atoms with E-state index in [9.17, 15) is 19.2 Å². The number of rotatable bonds is 5. The summed E-state index contributed by atoms with van der Waals surface area (Å²) in [6.45, 7) is 1.14. The van der Waals surface area contributed by atoms with Crippen molar-refractivity contribution >= 4 is 35.2 Å². The topological polar surface area (TPSA) is 119 Å². The number of hydrogen-bond acceptors (Lipinski definition) is 7. The van der Waals surface area contributed by atoms with Crippen LogP contribution < -0.4 is 10.2 Å². The number of aromatic nitrogens is 1. The molecule has 2 heterocycles. The first kappa shape index (κ1) is 24.0. The molecule has 3 amide bonds. The Bertz CT molecular complexity index is 1610. The molecule has 198 valence electrons. The third-order valence-corrected chi connectivity index (χ3v) is 8.02. The smallest absolute Gasteiger partial charge is 0.338 e. The van der Waals surface area contributed by atoms with Crippen molar-refractivity contribution in [1.82, 2.24) is 5.16 Å². The van der Waals surface area contributed by atoms with Crippen molar-refractivity contribution in [2.24, 2.45) is 11.8 Å². The quantitative estimate of drug-likeness (QED) is 0.302. The van der Waals surface area contributed by atoms with Crippen molar-refractivity contribution in [1.29, 1.82) is 0 Å². The summed E-state index contributed by atoms with van der Waals surface area (Å²) in [6.07, 6.45) is 0. The van der Waals surface area contributed by atoms with Crippen LogP contribution >= 0.6 is 0 Å². The van der Waals surface area contributed by atoms with E-state index < -0.39 is 30.3 Å². The molecular formula is C31H23N3O6. The van der Waals surface area contributed by atoms with Crippen molar-refractivity contribution in [3.8, 4) is 0 Å². The maximum Gasteiger partial charge on any atom is 0.338 e. The van der Waals surface area contributed by atoms with E-state index in [0.29, 0.717) is 11.4 Å². The minimum absolute atomic E-state index is 0.118. The monoisotopic (exact) mass is 533 g/mol. The minimum Gasteiger partial charge on any atom is -0.452 e. The van der Waals surface area contributed by atoms with Crippen LogP contribution in [-0.2, 0) is 19.1 Å². The molecule has 4 aliphatic rings. The molecule has 1 aliphatic heterocycles. The summed E-state index contributed by atoms with van der Waals surface area (Å²) in [5.74, 6) is -2.65. The van der Waals surface area contributed by atoms with E-state index in [1.807, 2.05) is 24.3 Å². The molecule has 3 aromatic carbocycles. The fraction of sp³-hybridized carbons (Fsp3) is 0.194. The predicted octanol–water partition coefficient (Wildman–Crippen LogP) is 4.18. The summed E-state index contributed by atoms with van der Waals surface area (Å²) >= 11 is 0. The summed E-state index contributed by atoms with van der Waals surface area (Å²) in [7, 11) is 0. The SMILES string of the molecule is Cc1cc(NC(=O)COC(=O)c2cccc(N3C(=O)[C@H]4C5c6ccccc6C(c6ccccc65)[C@@H]4C3=O)c2)no1. The zero-order valence-electron chi connectivity index (χ0n) is 21.4. The van der Waals surface area contributed by atoms with Gasteiger partial charge in [-0.05, 0) is 47.4 Å². The van der Waals surface area contributed by atoms with E-state index in [1.54, 1.807) is 19.1 Å². The number of hydrogen-bond donors (Lipinski definition) is 1. The number of benzene rings is 3. The van der Waals surface area contributed by atoms with Crippen molar-refractivity contribution in [2.75, 3.05) is 16.8 Å². The van der Waals surface area contributed by atoms with Crippen LogP contribution in [-0.4, -0.2) is 35.5 Å². The van der Waals surface area contributed by atoms with Crippen LogP contribution in [0, 0.1) is 18.8 Å². The molecule has 2 atom stereocenters. The highest BCUT2D eigenvalue weighted by Crippen LogP contribution is 2.61. The molecule has 4 aromatic rings. The fourth-order valence-electron chi connectivity index (χ4n) is 6.52. The lowest BCUT2D eigenvalue weighted by Gasteiger charge is -2.45. The van der Waals surface area contributed by atoms with E-state index in [1.165, 1.54) is 23.1 Å². The molecule has 0 radical (unpaired) electrons. The van der Waals surface area contributed by atoms with Gasteiger partial charge in [-0.25, -0.2) is 9.69 Å². The van der Waals surface area contributed by atoms with E-state index in [4.69, 9.17) is 9.26 Å². The van der Waals surface area contributed by atoms with Gasteiger partial charge in [0.1, 0.15) is 5.76 Å². The first-order valence-corrected chi connectivity index (χ1v) is 13.0. The van der Waals surface area contributed by atoms with Gasteiger partial charge in [0, 0.05) is 17.9 Å². The number of esters is 1. The van der Waals surface area contributed by atoms with Crippen LogP contribution in [0.25, 0.3) is 0 Å². The Hall–Kier alpha value is -5.05. The summed E-state index contributed by atoms with van der Waals surface area (Å²) in [5, 5.41) is 6.14. The zero-order valence-corrected chi connectivity index (χ0v) is 21.4. The van der Waals surface area contributed by atoms with Crippen LogP contribution in [0.4, 0.5) is 11.5 Å². The molecule has 9 heteroatoms. The Morgan fingerprint density at radius 2 is 1.43 bits per heavy atom. The summed E-state index contributed by atoms with van der Waals surface area (Å²) in [5.41, 5.74) is 4.78.